The summed E-state index contributed by atoms with van der Waals surface area (Å²) in [6.45, 7) is 3.17. The molecule has 0 radical (unpaired) electrons. The quantitative estimate of drug-likeness (QED) is 0.641. The van der Waals surface area contributed by atoms with Crippen LogP contribution in [0.2, 0.25) is 0 Å². The number of halogens is 3. The molecule has 1 amide bonds. The van der Waals surface area contributed by atoms with Gasteiger partial charge in [0.2, 0.25) is 0 Å². The first-order valence-corrected chi connectivity index (χ1v) is 11.2. The molecule has 0 saturated carbocycles. The van der Waals surface area contributed by atoms with Crippen LogP contribution >= 0.6 is 0 Å². The van der Waals surface area contributed by atoms with E-state index in [2.05, 4.69) is 0 Å². The molecular formula is C18H22F3N3O6S. The van der Waals surface area contributed by atoms with Crippen LogP contribution in [0.4, 0.5) is 13.2 Å². The zero-order valence-electron chi connectivity index (χ0n) is 17.0. The van der Waals surface area contributed by atoms with Crippen LogP contribution in [-0.2, 0) is 21.0 Å². The fourth-order valence-corrected chi connectivity index (χ4v) is 3.95. The summed E-state index contributed by atoms with van der Waals surface area (Å²) in [5.74, 6) is -1.04. The number of nitrogens with zero attached hydrogens (tertiary/aromatic N) is 2. The molecule has 1 heterocycles. The Morgan fingerprint density at radius 1 is 1.26 bits per heavy atom. The molecule has 9 nitrogen and oxygen atoms in total. The zero-order valence-corrected chi connectivity index (χ0v) is 17.8. The van der Waals surface area contributed by atoms with Crippen LogP contribution in [0.25, 0.3) is 10.9 Å². The lowest BCUT2D eigenvalue weighted by molar-refractivity contribution is -0.139. The number of unbranched alkanes of at least 4 members (excludes halogenated alkanes) is 1. The third-order valence-corrected chi connectivity index (χ3v) is 5.55. The summed E-state index contributed by atoms with van der Waals surface area (Å²) in [5.41, 5.74) is -5.08. The number of aliphatic hydroxyl groups is 1. The number of rotatable bonds is 7. The van der Waals surface area contributed by atoms with Crippen LogP contribution < -0.4 is 15.7 Å². The van der Waals surface area contributed by atoms with E-state index in [1.807, 2.05) is 4.98 Å². The number of hydrogen-bond donors (Lipinski definition) is 2. The maximum atomic E-state index is 13.4. The first-order chi connectivity index (χ1) is 14.2. The zero-order chi connectivity index (χ0) is 23.7. The van der Waals surface area contributed by atoms with Gasteiger partial charge in [0.05, 0.1) is 28.8 Å². The number of aromatic nitrogens is 2. The van der Waals surface area contributed by atoms with Crippen molar-refractivity contribution in [1.82, 2.24) is 9.66 Å². The molecule has 2 aromatic rings. The first kappa shape index (κ1) is 24.6. The number of aromatic amines is 1. The van der Waals surface area contributed by atoms with Gasteiger partial charge in [0.25, 0.3) is 21.5 Å². The van der Waals surface area contributed by atoms with Crippen LogP contribution in [0, 0.1) is 0 Å². The Labute approximate surface area is 175 Å². The van der Waals surface area contributed by atoms with E-state index in [4.69, 9.17) is 0 Å². The summed E-state index contributed by atoms with van der Waals surface area (Å²) in [7, 11) is -4.43. The van der Waals surface area contributed by atoms with Crippen LogP contribution in [0.5, 0.6) is 0 Å². The van der Waals surface area contributed by atoms with Gasteiger partial charge in [0, 0.05) is 6.42 Å². The average Bonchev–Trinajstić information content (AvgIpc) is 2.66. The first-order valence-electron chi connectivity index (χ1n) is 9.35. The number of hydrogen-bond acceptors (Lipinski definition) is 6. The predicted molar refractivity (Wildman–Crippen MR) is 107 cm³/mol. The number of sulfonamides is 1. The molecule has 0 aliphatic carbocycles. The summed E-state index contributed by atoms with van der Waals surface area (Å²) in [4.78, 5) is 39.9. The fraction of sp³-hybridized carbons (Fsp3) is 0.500. The monoisotopic (exact) mass is 465 g/mol. The van der Waals surface area contributed by atoms with E-state index in [0.29, 0.717) is 18.7 Å². The molecule has 0 aliphatic heterocycles. The van der Waals surface area contributed by atoms with Gasteiger partial charge in [-0.05, 0) is 30.5 Å². The molecule has 2 N–H and O–H groups in total. The van der Waals surface area contributed by atoms with Gasteiger partial charge in [0.1, 0.15) is 0 Å². The number of amides is 1. The molecule has 1 unspecified atom stereocenters. The Hall–Kier alpha value is -2.67. The molecule has 13 heteroatoms. The van der Waals surface area contributed by atoms with E-state index in [0.717, 1.165) is 6.07 Å². The second-order valence-electron chi connectivity index (χ2n) is 6.96. The molecule has 172 valence electrons. The van der Waals surface area contributed by atoms with E-state index in [9.17, 15) is 41.1 Å². The van der Waals surface area contributed by atoms with Crippen LogP contribution in [0.3, 0.4) is 0 Å². The molecule has 0 bridgehead atoms. The Bertz CT molecular complexity index is 1220. The number of carbonyl (C=O) groups excluding carboxylic acids is 1. The number of alkyl halides is 3. The van der Waals surface area contributed by atoms with Gasteiger partial charge < -0.3 is 10.1 Å². The van der Waals surface area contributed by atoms with Crippen molar-refractivity contribution in [2.75, 3.05) is 10.7 Å². The van der Waals surface area contributed by atoms with Crippen molar-refractivity contribution in [3.05, 3.63) is 44.1 Å². The van der Waals surface area contributed by atoms with Crippen LogP contribution in [0.15, 0.2) is 21.7 Å². The van der Waals surface area contributed by atoms with Crippen LogP contribution in [-0.4, -0.2) is 35.3 Å². The molecule has 2 rings (SSSR count). The van der Waals surface area contributed by atoms with Gasteiger partial charge >= 0.3 is 11.9 Å². The lowest BCUT2D eigenvalue weighted by Gasteiger charge is -2.22. The van der Waals surface area contributed by atoms with E-state index in [1.165, 1.54) is 6.92 Å². The van der Waals surface area contributed by atoms with Crippen molar-refractivity contribution in [1.29, 1.82) is 0 Å². The Morgan fingerprint density at radius 3 is 2.35 bits per heavy atom. The Kier molecular flexibility index (Phi) is 7.00. The van der Waals surface area contributed by atoms with Crippen molar-refractivity contribution in [3.63, 3.8) is 0 Å². The van der Waals surface area contributed by atoms with E-state index < -0.39 is 61.5 Å². The Balaban J connectivity index is 2.91. The Morgan fingerprint density at radius 2 is 1.87 bits per heavy atom. The van der Waals surface area contributed by atoms with Crippen molar-refractivity contribution in [3.8, 4) is 0 Å². The molecule has 0 spiro atoms. The summed E-state index contributed by atoms with van der Waals surface area (Å²) in [5, 5.41) is 9.54. The average molecular weight is 465 g/mol. The van der Waals surface area contributed by atoms with Gasteiger partial charge in [-0.25, -0.2) is 13.2 Å². The summed E-state index contributed by atoms with van der Waals surface area (Å²) >= 11 is 0. The third-order valence-electron chi connectivity index (χ3n) is 4.55. The minimum Gasteiger partial charge on any atom is -0.388 e. The molecule has 31 heavy (non-hydrogen) atoms. The number of fused-ring (bicyclic) bond motifs is 1. The highest BCUT2D eigenvalue weighted by Gasteiger charge is 2.36. The van der Waals surface area contributed by atoms with Crippen LogP contribution in [0.1, 0.15) is 56.8 Å². The van der Waals surface area contributed by atoms with Gasteiger partial charge in [-0.1, -0.05) is 20.3 Å². The molecular weight excluding hydrogens is 443 g/mol. The largest absolute Gasteiger partial charge is 0.416 e. The lowest BCUT2D eigenvalue weighted by atomic mass is 9.98. The van der Waals surface area contributed by atoms with Gasteiger partial charge in [0.15, 0.2) is 0 Å². The molecule has 0 fully saturated rings. The highest BCUT2D eigenvalue weighted by atomic mass is 32.2. The maximum Gasteiger partial charge on any atom is 0.416 e. The minimum atomic E-state index is -4.89. The highest BCUT2D eigenvalue weighted by Crippen LogP contribution is 2.37. The predicted octanol–water partition coefficient (Wildman–Crippen LogP) is 1.77. The summed E-state index contributed by atoms with van der Waals surface area (Å²) in [6, 6.07) is 1.25. The van der Waals surface area contributed by atoms with Gasteiger partial charge in [-0.15, -0.1) is 9.09 Å². The lowest BCUT2D eigenvalue weighted by Crippen LogP contribution is -2.55. The molecule has 1 aromatic heterocycles. The number of carbonyl (C=O) groups is 1. The van der Waals surface area contributed by atoms with Crippen molar-refractivity contribution in [2.24, 2.45) is 0 Å². The molecule has 1 aromatic carbocycles. The fourth-order valence-electron chi connectivity index (χ4n) is 3.05. The van der Waals surface area contributed by atoms with E-state index >= 15 is 0 Å². The smallest absolute Gasteiger partial charge is 0.388 e. The van der Waals surface area contributed by atoms with Crippen molar-refractivity contribution < 1.29 is 31.5 Å². The summed E-state index contributed by atoms with van der Waals surface area (Å²) in [6.07, 6.45) is -5.40. The highest BCUT2D eigenvalue weighted by molar-refractivity contribution is 7.92. The SMILES string of the molecule is CCCCC(=O)N(n1c(=O)[nH]c2cc(C(F)(F)F)c(C(O)CC)cc2c1=O)S(C)(=O)=O. The topological polar surface area (TPSA) is 130 Å². The van der Waals surface area contributed by atoms with E-state index in [-0.39, 0.29) is 28.4 Å². The van der Waals surface area contributed by atoms with Crippen molar-refractivity contribution in [2.45, 2.75) is 51.8 Å². The van der Waals surface area contributed by atoms with E-state index in [1.54, 1.807) is 6.92 Å². The second kappa shape index (κ2) is 8.83. The number of H-pyrrole nitrogens is 1. The van der Waals surface area contributed by atoms with Gasteiger partial charge in [-0.3, -0.25) is 9.59 Å². The van der Waals surface area contributed by atoms with Gasteiger partial charge in [-0.2, -0.15) is 13.2 Å². The molecule has 0 saturated heterocycles. The number of aliphatic hydroxyl groups excluding tert-OH is 1. The minimum absolute atomic E-state index is 0.0108. The number of nitrogens with one attached hydrogen (secondary N) is 1. The number of benzene rings is 1. The molecule has 0 aliphatic rings. The molecule has 1 atom stereocenters. The summed E-state index contributed by atoms with van der Waals surface area (Å²) < 4.78 is 64.8. The maximum absolute atomic E-state index is 13.4. The van der Waals surface area contributed by atoms with Crippen molar-refractivity contribution >= 4 is 26.8 Å². The third kappa shape index (κ3) is 4.98. The second-order valence-corrected chi connectivity index (χ2v) is 8.77. The normalized spacial score (nSPS) is 13.4. The standard InChI is InChI=1S/C18H22F3N3O6S/c1-4-6-7-15(26)24(31(3,29)30)23-16(27)11-8-10(14(25)5-2)12(18(19,20)21)9-13(11)22-17(23)28/h8-9,14,25H,4-7H2,1-3H3,(H,22,28).